The van der Waals surface area contributed by atoms with Crippen molar-refractivity contribution in [3.63, 3.8) is 0 Å². The van der Waals surface area contributed by atoms with E-state index in [1.54, 1.807) is 31.2 Å². The largest absolute Gasteiger partial charge is 0.480 e. The first-order chi connectivity index (χ1) is 10.9. The minimum atomic E-state index is -0.748. The lowest BCUT2D eigenvalue weighted by molar-refractivity contribution is -0.150. The molecular weight excluding hydrogens is 324 g/mol. The fourth-order valence-corrected chi connectivity index (χ4v) is 1.60. The van der Waals surface area contributed by atoms with Crippen LogP contribution in [0, 0.1) is 0 Å². The highest BCUT2D eigenvalue weighted by Crippen LogP contribution is 2.22. The molecule has 1 aromatic carbocycles. The molecular formula is C15H19ClN2O5. The number of halogens is 1. The molecule has 2 N–H and O–H groups in total. The molecule has 0 aliphatic rings. The average molecular weight is 343 g/mol. The van der Waals surface area contributed by atoms with Gasteiger partial charge in [0.1, 0.15) is 5.75 Å². The van der Waals surface area contributed by atoms with Crippen molar-refractivity contribution in [3.05, 3.63) is 29.3 Å². The Labute approximate surface area is 139 Å². The smallest absolute Gasteiger partial charge is 0.344 e. The number of nitrogens with one attached hydrogen (secondary N) is 2. The monoisotopic (exact) mass is 342 g/mol. The van der Waals surface area contributed by atoms with E-state index in [-0.39, 0.29) is 6.04 Å². The maximum atomic E-state index is 11.5. The zero-order chi connectivity index (χ0) is 17.2. The summed E-state index contributed by atoms with van der Waals surface area (Å²) >= 11 is 5.86. The number of carbonyl (C=O) groups excluding carboxylic acids is 3. The zero-order valence-corrected chi connectivity index (χ0v) is 13.7. The minimum absolute atomic E-state index is 0.0608. The van der Waals surface area contributed by atoms with Crippen LogP contribution in [0.1, 0.15) is 20.3 Å². The summed E-state index contributed by atoms with van der Waals surface area (Å²) in [5.74, 6) is -1.14. The van der Waals surface area contributed by atoms with Gasteiger partial charge < -0.3 is 14.8 Å². The number of carbonyl (C=O) groups is 3. The van der Waals surface area contributed by atoms with Gasteiger partial charge in [-0.3, -0.25) is 10.1 Å². The molecule has 8 heteroatoms. The predicted molar refractivity (Wildman–Crippen MR) is 84.3 cm³/mol. The van der Waals surface area contributed by atoms with E-state index in [0.29, 0.717) is 10.8 Å². The lowest BCUT2D eigenvalue weighted by atomic mass is 10.3. The van der Waals surface area contributed by atoms with Crippen molar-refractivity contribution < 1.29 is 23.9 Å². The summed E-state index contributed by atoms with van der Waals surface area (Å²) in [5.41, 5.74) is 0. The summed E-state index contributed by atoms with van der Waals surface area (Å²) in [6.45, 7) is 2.73. The van der Waals surface area contributed by atoms with Crippen molar-refractivity contribution >= 4 is 29.5 Å². The van der Waals surface area contributed by atoms with Gasteiger partial charge in [-0.15, -0.1) is 0 Å². The van der Waals surface area contributed by atoms with Crippen LogP contribution in [0.3, 0.4) is 0 Å². The molecule has 0 unspecified atom stereocenters. The van der Waals surface area contributed by atoms with Crippen molar-refractivity contribution in [1.82, 2.24) is 10.6 Å². The molecule has 0 radical (unpaired) electrons. The molecule has 126 valence electrons. The van der Waals surface area contributed by atoms with E-state index in [9.17, 15) is 14.4 Å². The topological polar surface area (TPSA) is 93.7 Å². The lowest BCUT2D eigenvalue weighted by Crippen LogP contribution is -2.44. The number of ether oxygens (including phenoxy) is 2. The molecule has 1 aromatic rings. The molecule has 0 aliphatic heterocycles. The maximum Gasteiger partial charge on any atom is 0.344 e. The van der Waals surface area contributed by atoms with Crippen molar-refractivity contribution in [2.45, 2.75) is 26.3 Å². The van der Waals surface area contributed by atoms with Crippen molar-refractivity contribution in [3.8, 4) is 5.75 Å². The summed E-state index contributed by atoms with van der Waals surface area (Å²) in [6, 6.07) is 5.95. The summed E-state index contributed by atoms with van der Waals surface area (Å²) in [5, 5.41) is 4.97. The molecule has 0 bridgehead atoms. The van der Waals surface area contributed by atoms with Crippen LogP contribution in [0.25, 0.3) is 0 Å². The Hall–Kier alpha value is -2.28. The van der Waals surface area contributed by atoms with Crippen LogP contribution >= 0.6 is 11.6 Å². The van der Waals surface area contributed by atoms with E-state index in [2.05, 4.69) is 10.6 Å². The standard InChI is InChI=1S/C15H19ClN2O5/c1-3-10(2)17-15(21)18-13(19)8-23-14(20)9-22-12-7-5-4-6-11(12)16/h4-7,10H,3,8-9H2,1-2H3,(H2,17,18,19,21)/t10-/m1/s1. The first-order valence-electron chi connectivity index (χ1n) is 7.05. The Morgan fingerprint density at radius 1 is 1.22 bits per heavy atom. The van der Waals surface area contributed by atoms with Gasteiger partial charge in [-0.2, -0.15) is 0 Å². The number of hydrogen-bond acceptors (Lipinski definition) is 5. The third-order valence-electron chi connectivity index (χ3n) is 2.79. The molecule has 0 aromatic heterocycles. The van der Waals surface area contributed by atoms with E-state index in [1.165, 1.54) is 0 Å². The Balaban J connectivity index is 2.26. The van der Waals surface area contributed by atoms with Crippen molar-refractivity contribution in [1.29, 1.82) is 0 Å². The van der Waals surface area contributed by atoms with E-state index >= 15 is 0 Å². The van der Waals surface area contributed by atoms with Gasteiger partial charge in [0.05, 0.1) is 5.02 Å². The fourth-order valence-electron chi connectivity index (χ4n) is 1.41. The van der Waals surface area contributed by atoms with E-state index in [4.69, 9.17) is 21.1 Å². The van der Waals surface area contributed by atoms with Crippen LogP contribution in [0.2, 0.25) is 5.02 Å². The third-order valence-corrected chi connectivity index (χ3v) is 3.10. The summed E-state index contributed by atoms with van der Waals surface area (Å²) < 4.78 is 9.86. The summed E-state index contributed by atoms with van der Waals surface area (Å²) in [6.07, 6.45) is 0.732. The summed E-state index contributed by atoms with van der Waals surface area (Å²) in [7, 11) is 0. The fraction of sp³-hybridized carbons (Fsp3) is 0.400. The summed E-state index contributed by atoms with van der Waals surface area (Å²) in [4.78, 5) is 34.3. The van der Waals surface area contributed by atoms with Gasteiger partial charge in [0.15, 0.2) is 13.2 Å². The normalized spacial score (nSPS) is 11.3. The number of amides is 3. The molecule has 0 fully saturated rings. The minimum Gasteiger partial charge on any atom is -0.480 e. The number of urea groups is 1. The Bertz CT molecular complexity index is 565. The zero-order valence-electron chi connectivity index (χ0n) is 12.9. The van der Waals surface area contributed by atoms with E-state index < -0.39 is 31.1 Å². The van der Waals surface area contributed by atoms with Gasteiger partial charge in [0.25, 0.3) is 5.91 Å². The molecule has 3 amide bonds. The van der Waals surface area contributed by atoms with E-state index in [1.807, 2.05) is 6.92 Å². The molecule has 0 aliphatic carbocycles. The van der Waals surface area contributed by atoms with Crippen LogP contribution in [0.5, 0.6) is 5.75 Å². The van der Waals surface area contributed by atoms with Gasteiger partial charge in [0.2, 0.25) is 0 Å². The quantitative estimate of drug-likeness (QED) is 0.738. The predicted octanol–water partition coefficient (Wildman–Crippen LogP) is 1.89. The Kier molecular flexibility index (Phi) is 7.90. The Morgan fingerprint density at radius 2 is 1.91 bits per heavy atom. The highest BCUT2D eigenvalue weighted by Gasteiger charge is 2.13. The highest BCUT2D eigenvalue weighted by atomic mass is 35.5. The molecule has 0 spiro atoms. The number of rotatable bonds is 7. The molecule has 0 saturated heterocycles. The van der Waals surface area contributed by atoms with Crippen LogP contribution in [0.4, 0.5) is 4.79 Å². The molecule has 1 rings (SSSR count). The maximum absolute atomic E-state index is 11.5. The van der Waals surface area contributed by atoms with Crippen LogP contribution < -0.4 is 15.4 Å². The number of para-hydroxylation sites is 1. The number of esters is 1. The van der Waals surface area contributed by atoms with Gasteiger partial charge in [-0.25, -0.2) is 9.59 Å². The second kappa shape index (κ2) is 9.68. The van der Waals surface area contributed by atoms with E-state index in [0.717, 1.165) is 6.42 Å². The van der Waals surface area contributed by atoms with Gasteiger partial charge in [-0.05, 0) is 25.5 Å². The molecule has 23 heavy (non-hydrogen) atoms. The van der Waals surface area contributed by atoms with Crippen LogP contribution in [-0.2, 0) is 14.3 Å². The van der Waals surface area contributed by atoms with Crippen molar-refractivity contribution in [2.24, 2.45) is 0 Å². The SMILES string of the molecule is CC[C@@H](C)NC(=O)NC(=O)COC(=O)COc1ccccc1Cl. The lowest BCUT2D eigenvalue weighted by Gasteiger charge is -2.12. The Morgan fingerprint density at radius 3 is 2.57 bits per heavy atom. The van der Waals surface area contributed by atoms with Gasteiger partial charge >= 0.3 is 12.0 Å². The van der Waals surface area contributed by atoms with Gasteiger partial charge in [-0.1, -0.05) is 30.7 Å². The second-order valence-electron chi connectivity index (χ2n) is 4.71. The first kappa shape index (κ1) is 18.8. The first-order valence-corrected chi connectivity index (χ1v) is 7.43. The molecule has 7 nitrogen and oxygen atoms in total. The van der Waals surface area contributed by atoms with Gasteiger partial charge in [0, 0.05) is 6.04 Å². The highest BCUT2D eigenvalue weighted by molar-refractivity contribution is 6.32. The van der Waals surface area contributed by atoms with Crippen molar-refractivity contribution in [2.75, 3.05) is 13.2 Å². The molecule has 1 atom stereocenters. The molecule has 0 heterocycles. The number of benzene rings is 1. The number of imide groups is 1. The third kappa shape index (κ3) is 7.51. The average Bonchev–Trinajstić information content (AvgIpc) is 2.51. The van der Waals surface area contributed by atoms with Crippen LogP contribution in [-0.4, -0.2) is 37.2 Å². The molecule has 0 saturated carbocycles. The second-order valence-corrected chi connectivity index (χ2v) is 5.12. The number of hydrogen-bond donors (Lipinski definition) is 2. The van der Waals surface area contributed by atoms with Crippen LogP contribution in [0.15, 0.2) is 24.3 Å².